The second-order valence-corrected chi connectivity index (χ2v) is 6.36. The standard InChI is InChI=1S/C19H21ClN2O3/c1-12(2)25-16-8-6-15(7-9-16)21-18(23)11-19(24)22-17-10-14(20)5-4-13(17)3/h4-10,12H,11H2,1-3H3,(H,21,23)(H,22,24). The van der Waals surface area contributed by atoms with Crippen LogP contribution in [-0.2, 0) is 9.59 Å². The van der Waals surface area contributed by atoms with E-state index in [1.165, 1.54) is 0 Å². The first-order chi connectivity index (χ1) is 11.8. The Morgan fingerprint density at radius 1 is 1.04 bits per heavy atom. The van der Waals surface area contributed by atoms with Crippen LogP contribution in [0.25, 0.3) is 0 Å². The molecule has 25 heavy (non-hydrogen) atoms. The third-order valence-electron chi connectivity index (χ3n) is 3.30. The Bertz CT molecular complexity index is 758. The molecule has 0 radical (unpaired) electrons. The molecule has 2 amide bonds. The summed E-state index contributed by atoms with van der Waals surface area (Å²) in [5.74, 6) is -0.0699. The molecule has 0 aliphatic heterocycles. The van der Waals surface area contributed by atoms with E-state index in [-0.39, 0.29) is 12.5 Å². The van der Waals surface area contributed by atoms with Crippen molar-refractivity contribution in [2.24, 2.45) is 0 Å². The van der Waals surface area contributed by atoms with E-state index < -0.39 is 11.8 Å². The van der Waals surface area contributed by atoms with Crippen molar-refractivity contribution >= 4 is 34.8 Å². The van der Waals surface area contributed by atoms with Crippen molar-refractivity contribution in [2.45, 2.75) is 33.3 Å². The highest BCUT2D eigenvalue weighted by molar-refractivity contribution is 6.31. The lowest BCUT2D eigenvalue weighted by Crippen LogP contribution is -2.21. The van der Waals surface area contributed by atoms with Crippen LogP contribution in [0.2, 0.25) is 5.02 Å². The van der Waals surface area contributed by atoms with Crippen LogP contribution in [0.5, 0.6) is 5.75 Å². The number of aryl methyl sites for hydroxylation is 1. The van der Waals surface area contributed by atoms with Crippen LogP contribution in [-0.4, -0.2) is 17.9 Å². The fraction of sp³-hybridized carbons (Fsp3) is 0.263. The molecule has 132 valence electrons. The van der Waals surface area contributed by atoms with Gasteiger partial charge in [0, 0.05) is 16.4 Å². The SMILES string of the molecule is Cc1ccc(Cl)cc1NC(=O)CC(=O)Nc1ccc(OC(C)C)cc1. The van der Waals surface area contributed by atoms with Crippen molar-refractivity contribution in [3.8, 4) is 5.75 Å². The predicted octanol–water partition coefficient (Wildman–Crippen LogP) is 4.40. The van der Waals surface area contributed by atoms with Gasteiger partial charge >= 0.3 is 0 Å². The van der Waals surface area contributed by atoms with Gasteiger partial charge in [-0.05, 0) is 62.7 Å². The molecule has 0 unspecified atom stereocenters. The maximum atomic E-state index is 12.0. The number of ether oxygens (including phenoxy) is 1. The molecule has 0 aliphatic carbocycles. The van der Waals surface area contributed by atoms with Gasteiger partial charge in [-0.15, -0.1) is 0 Å². The summed E-state index contributed by atoms with van der Waals surface area (Å²) in [5, 5.41) is 5.90. The third kappa shape index (κ3) is 6.12. The smallest absolute Gasteiger partial charge is 0.233 e. The molecular formula is C19H21ClN2O3. The molecule has 5 nitrogen and oxygen atoms in total. The van der Waals surface area contributed by atoms with Gasteiger partial charge in [0.05, 0.1) is 6.10 Å². The first kappa shape index (κ1) is 18.8. The van der Waals surface area contributed by atoms with E-state index >= 15 is 0 Å². The number of halogens is 1. The van der Waals surface area contributed by atoms with Gasteiger partial charge < -0.3 is 15.4 Å². The Morgan fingerprint density at radius 2 is 1.68 bits per heavy atom. The Kier molecular flexibility index (Phi) is 6.42. The molecule has 2 aromatic carbocycles. The summed E-state index contributed by atoms with van der Waals surface area (Å²) in [7, 11) is 0. The van der Waals surface area contributed by atoms with Crippen molar-refractivity contribution in [2.75, 3.05) is 10.6 Å². The Hall–Kier alpha value is -2.53. The summed E-state index contributed by atoms with van der Waals surface area (Å²) in [5.41, 5.74) is 2.08. The largest absolute Gasteiger partial charge is 0.491 e. The van der Waals surface area contributed by atoms with E-state index in [0.717, 1.165) is 11.3 Å². The molecule has 0 fully saturated rings. The van der Waals surface area contributed by atoms with Crippen LogP contribution in [0.1, 0.15) is 25.8 Å². The zero-order valence-electron chi connectivity index (χ0n) is 14.4. The fourth-order valence-electron chi connectivity index (χ4n) is 2.16. The van der Waals surface area contributed by atoms with Crippen molar-refractivity contribution in [1.29, 1.82) is 0 Å². The molecular weight excluding hydrogens is 340 g/mol. The third-order valence-corrected chi connectivity index (χ3v) is 3.54. The van der Waals surface area contributed by atoms with Gasteiger partial charge in [-0.25, -0.2) is 0 Å². The zero-order chi connectivity index (χ0) is 18.4. The summed E-state index contributed by atoms with van der Waals surface area (Å²) >= 11 is 5.92. The molecule has 2 N–H and O–H groups in total. The lowest BCUT2D eigenvalue weighted by atomic mass is 10.2. The lowest BCUT2D eigenvalue weighted by Gasteiger charge is -2.11. The van der Waals surface area contributed by atoms with Crippen LogP contribution < -0.4 is 15.4 Å². The van der Waals surface area contributed by atoms with E-state index in [1.807, 2.05) is 20.8 Å². The minimum absolute atomic E-state index is 0.0825. The molecule has 0 saturated carbocycles. The minimum atomic E-state index is -0.400. The molecule has 0 aromatic heterocycles. The topological polar surface area (TPSA) is 67.4 Å². The number of carbonyl (C=O) groups excluding carboxylic acids is 2. The molecule has 0 saturated heterocycles. The molecule has 2 rings (SSSR count). The van der Waals surface area contributed by atoms with E-state index in [2.05, 4.69) is 10.6 Å². The normalized spacial score (nSPS) is 10.4. The predicted molar refractivity (Wildman–Crippen MR) is 100 cm³/mol. The Balaban J connectivity index is 1.89. The number of anilines is 2. The van der Waals surface area contributed by atoms with Crippen LogP contribution in [0.4, 0.5) is 11.4 Å². The minimum Gasteiger partial charge on any atom is -0.491 e. The van der Waals surface area contributed by atoms with Gasteiger partial charge in [0.15, 0.2) is 0 Å². The number of benzene rings is 2. The first-order valence-electron chi connectivity index (χ1n) is 7.96. The van der Waals surface area contributed by atoms with Crippen molar-refractivity contribution in [3.05, 3.63) is 53.1 Å². The van der Waals surface area contributed by atoms with Gasteiger partial charge in [-0.3, -0.25) is 9.59 Å². The average molecular weight is 361 g/mol. The number of hydrogen-bond acceptors (Lipinski definition) is 3. The van der Waals surface area contributed by atoms with E-state index in [1.54, 1.807) is 42.5 Å². The van der Waals surface area contributed by atoms with E-state index in [9.17, 15) is 9.59 Å². The number of hydrogen-bond donors (Lipinski definition) is 2. The highest BCUT2D eigenvalue weighted by Crippen LogP contribution is 2.20. The van der Waals surface area contributed by atoms with Gasteiger partial charge in [0.1, 0.15) is 12.2 Å². The fourth-order valence-corrected chi connectivity index (χ4v) is 2.34. The monoisotopic (exact) mass is 360 g/mol. The highest BCUT2D eigenvalue weighted by atomic mass is 35.5. The summed E-state index contributed by atoms with van der Waals surface area (Å²) < 4.78 is 5.54. The first-order valence-corrected chi connectivity index (χ1v) is 8.34. The molecule has 0 atom stereocenters. The summed E-state index contributed by atoms with van der Waals surface area (Å²) in [6.07, 6.45) is -0.199. The molecule has 0 aliphatic rings. The van der Waals surface area contributed by atoms with Crippen molar-refractivity contribution in [3.63, 3.8) is 0 Å². The van der Waals surface area contributed by atoms with Gasteiger partial charge in [0.2, 0.25) is 11.8 Å². The van der Waals surface area contributed by atoms with Gasteiger partial charge in [-0.2, -0.15) is 0 Å². The van der Waals surface area contributed by atoms with Crippen molar-refractivity contribution < 1.29 is 14.3 Å². The number of rotatable bonds is 6. The second kappa shape index (κ2) is 8.53. The molecule has 0 bridgehead atoms. The van der Waals surface area contributed by atoms with Crippen LogP contribution in [0, 0.1) is 6.92 Å². The van der Waals surface area contributed by atoms with Gasteiger partial charge in [-0.1, -0.05) is 17.7 Å². The molecule has 2 aromatic rings. The van der Waals surface area contributed by atoms with E-state index in [4.69, 9.17) is 16.3 Å². The summed E-state index contributed by atoms with van der Waals surface area (Å²) in [4.78, 5) is 24.0. The van der Waals surface area contributed by atoms with Crippen LogP contribution >= 0.6 is 11.6 Å². The number of nitrogens with one attached hydrogen (secondary N) is 2. The average Bonchev–Trinajstić information content (AvgIpc) is 2.52. The maximum absolute atomic E-state index is 12.0. The molecule has 0 heterocycles. The van der Waals surface area contributed by atoms with Crippen LogP contribution in [0.15, 0.2) is 42.5 Å². The zero-order valence-corrected chi connectivity index (χ0v) is 15.2. The van der Waals surface area contributed by atoms with E-state index in [0.29, 0.717) is 16.4 Å². The summed E-state index contributed by atoms with van der Waals surface area (Å²) in [6, 6.07) is 12.2. The Labute approximate surface area is 152 Å². The Morgan fingerprint density at radius 3 is 2.32 bits per heavy atom. The number of carbonyl (C=O) groups is 2. The highest BCUT2D eigenvalue weighted by Gasteiger charge is 2.11. The summed E-state index contributed by atoms with van der Waals surface area (Å²) in [6.45, 7) is 5.73. The quantitative estimate of drug-likeness (QED) is 0.750. The molecule has 6 heteroatoms. The second-order valence-electron chi connectivity index (χ2n) is 5.92. The molecule has 0 spiro atoms. The number of amides is 2. The lowest BCUT2D eigenvalue weighted by molar-refractivity contribution is -0.123. The van der Waals surface area contributed by atoms with Crippen LogP contribution in [0.3, 0.4) is 0 Å². The van der Waals surface area contributed by atoms with Crippen molar-refractivity contribution in [1.82, 2.24) is 0 Å². The maximum Gasteiger partial charge on any atom is 0.233 e. The van der Waals surface area contributed by atoms with Gasteiger partial charge in [0.25, 0.3) is 0 Å².